The van der Waals surface area contributed by atoms with Gasteiger partial charge in [-0.2, -0.15) is 0 Å². The molecule has 0 atom stereocenters. The maximum absolute atomic E-state index is 5.82. The van der Waals surface area contributed by atoms with Crippen LogP contribution in [0, 0.1) is 0 Å². The molecule has 0 amide bonds. The van der Waals surface area contributed by atoms with E-state index in [-0.39, 0.29) is 0 Å². The topological polar surface area (TPSA) is 69.4 Å². The number of pyridine rings is 1. The van der Waals surface area contributed by atoms with Gasteiger partial charge in [-0.25, -0.2) is 4.98 Å². The number of hydrogen-bond acceptors (Lipinski definition) is 5. The third-order valence-corrected chi connectivity index (χ3v) is 3.78. The minimum atomic E-state index is 0.317. The fourth-order valence-electron chi connectivity index (χ4n) is 2.59. The molecule has 0 aliphatic heterocycles. The number of rotatable bonds is 4. The smallest absolute Gasteiger partial charge is 0.161 e. The number of nitrogens with two attached hydrogens (primary N) is 1. The van der Waals surface area contributed by atoms with E-state index >= 15 is 0 Å². The molecule has 1 aliphatic rings. The Bertz CT molecular complexity index is 624. The third kappa shape index (κ3) is 2.25. The zero-order chi connectivity index (χ0) is 14.1. The lowest BCUT2D eigenvalue weighted by Crippen LogP contribution is -2.44. The van der Waals surface area contributed by atoms with Gasteiger partial charge < -0.3 is 20.5 Å². The summed E-state index contributed by atoms with van der Waals surface area (Å²) in [6.07, 6.45) is 3.78. The molecule has 106 valence electrons. The molecule has 0 bridgehead atoms. The summed E-state index contributed by atoms with van der Waals surface area (Å²) in [5.74, 6) is 2.31. The van der Waals surface area contributed by atoms with Crippen LogP contribution in [0.1, 0.15) is 12.8 Å². The summed E-state index contributed by atoms with van der Waals surface area (Å²) in [5, 5.41) is 5.56. The van der Waals surface area contributed by atoms with Gasteiger partial charge in [0.1, 0.15) is 5.82 Å². The van der Waals surface area contributed by atoms with E-state index in [0.717, 1.165) is 35.2 Å². The van der Waals surface area contributed by atoms with E-state index in [0.29, 0.717) is 17.8 Å². The van der Waals surface area contributed by atoms with Crippen LogP contribution < -0.4 is 20.5 Å². The van der Waals surface area contributed by atoms with Gasteiger partial charge in [-0.05, 0) is 36.4 Å². The number of nitrogens with zero attached hydrogens (tertiary/aromatic N) is 1. The Morgan fingerprint density at radius 2 is 1.90 bits per heavy atom. The predicted molar refractivity (Wildman–Crippen MR) is 79.5 cm³/mol. The first kappa shape index (κ1) is 13.0. The highest BCUT2D eigenvalue weighted by Crippen LogP contribution is 2.35. The molecule has 1 fully saturated rings. The molecule has 1 aliphatic carbocycles. The number of ether oxygens (including phenoxy) is 2. The number of methoxy groups -OCH3 is 2. The number of anilines is 1. The lowest BCUT2D eigenvalue weighted by atomic mass is 9.87. The molecule has 1 aromatic heterocycles. The van der Waals surface area contributed by atoms with Crippen LogP contribution in [0.5, 0.6) is 11.5 Å². The molecule has 0 radical (unpaired) electrons. The molecule has 5 nitrogen and oxygen atoms in total. The maximum atomic E-state index is 5.82. The minimum absolute atomic E-state index is 0.317. The molecule has 5 heteroatoms. The SMILES string of the molecule is COc1cc2ccnc(NC3CC(N)C3)c2cc1OC. The van der Waals surface area contributed by atoms with Crippen LogP contribution in [0.4, 0.5) is 5.82 Å². The van der Waals surface area contributed by atoms with E-state index in [1.54, 1.807) is 20.4 Å². The second-order valence-corrected chi connectivity index (χ2v) is 5.16. The Kier molecular flexibility index (Phi) is 3.36. The fourth-order valence-corrected chi connectivity index (χ4v) is 2.59. The highest BCUT2D eigenvalue weighted by atomic mass is 16.5. The summed E-state index contributed by atoms with van der Waals surface area (Å²) in [6.45, 7) is 0. The standard InChI is InChI=1S/C15H19N3O2/c1-19-13-5-9-3-4-17-15(12(9)8-14(13)20-2)18-11-6-10(16)7-11/h3-5,8,10-11H,6-7,16H2,1-2H3,(H,17,18). The van der Waals surface area contributed by atoms with Crippen LogP contribution in [0.25, 0.3) is 10.8 Å². The average molecular weight is 273 g/mol. The predicted octanol–water partition coefficient (Wildman–Crippen LogP) is 2.15. The van der Waals surface area contributed by atoms with Gasteiger partial charge in [-0.15, -0.1) is 0 Å². The Labute approximate surface area is 118 Å². The molecule has 1 aromatic carbocycles. The van der Waals surface area contributed by atoms with Crippen LogP contribution in [0.2, 0.25) is 0 Å². The molecule has 2 aromatic rings. The first-order chi connectivity index (χ1) is 9.71. The Morgan fingerprint density at radius 3 is 2.55 bits per heavy atom. The van der Waals surface area contributed by atoms with Crippen molar-refractivity contribution >= 4 is 16.6 Å². The molecular formula is C15H19N3O2. The number of nitrogens with one attached hydrogen (secondary N) is 1. The van der Waals surface area contributed by atoms with Gasteiger partial charge in [0.15, 0.2) is 11.5 Å². The van der Waals surface area contributed by atoms with E-state index < -0.39 is 0 Å². The van der Waals surface area contributed by atoms with Gasteiger partial charge in [-0.3, -0.25) is 0 Å². The summed E-state index contributed by atoms with van der Waals surface area (Å²) < 4.78 is 10.7. The summed E-state index contributed by atoms with van der Waals surface area (Å²) in [6, 6.07) is 6.62. The van der Waals surface area contributed by atoms with Crippen LogP contribution in [-0.2, 0) is 0 Å². The lowest BCUT2D eigenvalue weighted by Gasteiger charge is -2.33. The van der Waals surface area contributed by atoms with Crippen LogP contribution in [0.3, 0.4) is 0 Å². The molecule has 0 spiro atoms. The summed E-state index contributed by atoms with van der Waals surface area (Å²) in [4.78, 5) is 4.44. The molecule has 3 N–H and O–H groups in total. The number of benzene rings is 1. The summed E-state index contributed by atoms with van der Waals surface area (Å²) in [7, 11) is 3.28. The van der Waals surface area contributed by atoms with E-state index in [4.69, 9.17) is 15.2 Å². The van der Waals surface area contributed by atoms with Gasteiger partial charge in [-0.1, -0.05) is 0 Å². The van der Waals surface area contributed by atoms with Gasteiger partial charge >= 0.3 is 0 Å². The molecule has 0 saturated heterocycles. The monoisotopic (exact) mass is 273 g/mol. The summed E-state index contributed by atoms with van der Waals surface area (Å²) in [5.41, 5.74) is 5.82. The zero-order valence-electron chi connectivity index (χ0n) is 11.7. The second-order valence-electron chi connectivity index (χ2n) is 5.16. The molecule has 3 rings (SSSR count). The van der Waals surface area contributed by atoms with E-state index in [1.165, 1.54) is 0 Å². The van der Waals surface area contributed by atoms with Crippen LogP contribution in [0.15, 0.2) is 24.4 Å². The van der Waals surface area contributed by atoms with E-state index in [1.807, 2.05) is 18.2 Å². The van der Waals surface area contributed by atoms with Crippen molar-refractivity contribution in [1.82, 2.24) is 4.98 Å². The van der Waals surface area contributed by atoms with E-state index in [9.17, 15) is 0 Å². The van der Waals surface area contributed by atoms with Crippen molar-refractivity contribution in [3.05, 3.63) is 24.4 Å². The van der Waals surface area contributed by atoms with Crippen molar-refractivity contribution in [3.8, 4) is 11.5 Å². The van der Waals surface area contributed by atoms with Crippen molar-refractivity contribution in [2.75, 3.05) is 19.5 Å². The average Bonchev–Trinajstić information content (AvgIpc) is 2.44. The normalized spacial score (nSPS) is 21.4. The van der Waals surface area contributed by atoms with Crippen molar-refractivity contribution in [2.45, 2.75) is 24.9 Å². The van der Waals surface area contributed by atoms with Crippen LogP contribution in [-0.4, -0.2) is 31.3 Å². The number of fused-ring (bicyclic) bond motifs is 1. The van der Waals surface area contributed by atoms with E-state index in [2.05, 4.69) is 10.3 Å². The maximum Gasteiger partial charge on any atom is 0.161 e. The van der Waals surface area contributed by atoms with Gasteiger partial charge in [0.05, 0.1) is 14.2 Å². The second kappa shape index (κ2) is 5.17. The fraction of sp³-hybridized carbons (Fsp3) is 0.400. The minimum Gasteiger partial charge on any atom is -0.493 e. The first-order valence-corrected chi connectivity index (χ1v) is 6.74. The van der Waals surface area contributed by atoms with Crippen molar-refractivity contribution < 1.29 is 9.47 Å². The number of aromatic nitrogens is 1. The Balaban J connectivity index is 1.99. The van der Waals surface area contributed by atoms with Crippen molar-refractivity contribution in [1.29, 1.82) is 0 Å². The quantitative estimate of drug-likeness (QED) is 0.893. The lowest BCUT2D eigenvalue weighted by molar-refractivity contribution is 0.356. The van der Waals surface area contributed by atoms with Crippen molar-refractivity contribution in [2.24, 2.45) is 5.73 Å². The summed E-state index contributed by atoms with van der Waals surface area (Å²) >= 11 is 0. The Morgan fingerprint density at radius 1 is 1.20 bits per heavy atom. The zero-order valence-corrected chi connectivity index (χ0v) is 11.7. The largest absolute Gasteiger partial charge is 0.493 e. The number of hydrogen-bond donors (Lipinski definition) is 2. The highest BCUT2D eigenvalue weighted by molar-refractivity contribution is 5.94. The third-order valence-electron chi connectivity index (χ3n) is 3.78. The van der Waals surface area contributed by atoms with Crippen molar-refractivity contribution in [3.63, 3.8) is 0 Å². The van der Waals surface area contributed by atoms with Gasteiger partial charge in [0, 0.05) is 23.7 Å². The molecule has 0 unspecified atom stereocenters. The Hall–Kier alpha value is -2.01. The van der Waals surface area contributed by atoms with Gasteiger partial charge in [0.2, 0.25) is 0 Å². The highest BCUT2D eigenvalue weighted by Gasteiger charge is 2.26. The van der Waals surface area contributed by atoms with Crippen LogP contribution >= 0.6 is 0 Å². The molecule has 1 saturated carbocycles. The molecule has 20 heavy (non-hydrogen) atoms. The van der Waals surface area contributed by atoms with Gasteiger partial charge in [0.25, 0.3) is 0 Å². The molecular weight excluding hydrogens is 254 g/mol. The molecule has 1 heterocycles. The first-order valence-electron chi connectivity index (χ1n) is 6.74.